The van der Waals surface area contributed by atoms with Crippen molar-refractivity contribution in [2.24, 2.45) is 0 Å². The van der Waals surface area contributed by atoms with Gasteiger partial charge in [0, 0.05) is 22.3 Å². The molecular formula is C13H14BrN3O. The molecule has 2 N–H and O–H groups in total. The number of aromatic amines is 1. The highest BCUT2D eigenvalue weighted by Crippen LogP contribution is 2.18. The Balaban J connectivity index is 2.06. The van der Waals surface area contributed by atoms with Crippen molar-refractivity contribution in [3.63, 3.8) is 0 Å². The van der Waals surface area contributed by atoms with Crippen molar-refractivity contribution in [1.29, 1.82) is 0 Å². The fourth-order valence-corrected chi connectivity index (χ4v) is 2.30. The number of halogens is 1. The fourth-order valence-electron chi connectivity index (χ4n) is 1.63. The van der Waals surface area contributed by atoms with E-state index >= 15 is 0 Å². The molecule has 1 heterocycles. The Hall–Kier alpha value is -1.62. The van der Waals surface area contributed by atoms with E-state index < -0.39 is 0 Å². The quantitative estimate of drug-likeness (QED) is 0.916. The number of rotatable bonds is 3. The minimum Gasteiger partial charge on any atom is -0.348 e. The minimum atomic E-state index is -0.0949. The molecule has 94 valence electrons. The second kappa shape index (κ2) is 5.35. The van der Waals surface area contributed by atoms with Gasteiger partial charge in [0.15, 0.2) is 0 Å². The summed E-state index contributed by atoms with van der Waals surface area (Å²) >= 11 is 3.40. The van der Waals surface area contributed by atoms with E-state index in [4.69, 9.17) is 0 Å². The molecule has 0 radical (unpaired) electrons. The summed E-state index contributed by atoms with van der Waals surface area (Å²) in [6, 6.07) is 5.66. The number of carbonyl (C=O) groups excluding carboxylic acids is 1. The second-order valence-corrected chi connectivity index (χ2v) is 5.04. The Morgan fingerprint density at radius 1 is 1.44 bits per heavy atom. The minimum absolute atomic E-state index is 0.0949. The van der Waals surface area contributed by atoms with Crippen molar-refractivity contribution in [3.8, 4) is 0 Å². The van der Waals surface area contributed by atoms with Crippen LogP contribution in [0.25, 0.3) is 0 Å². The number of nitrogens with zero attached hydrogens (tertiary/aromatic N) is 1. The van der Waals surface area contributed by atoms with Crippen LogP contribution >= 0.6 is 15.9 Å². The van der Waals surface area contributed by atoms with E-state index in [1.807, 2.05) is 32.0 Å². The monoisotopic (exact) mass is 307 g/mol. The maximum Gasteiger partial charge on any atom is 0.252 e. The normalized spacial score (nSPS) is 10.4. The van der Waals surface area contributed by atoms with E-state index in [9.17, 15) is 4.79 Å². The summed E-state index contributed by atoms with van der Waals surface area (Å²) in [5, 5.41) is 9.63. The van der Waals surface area contributed by atoms with Gasteiger partial charge in [0.1, 0.15) is 0 Å². The topological polar surface area (TPSA) is 57.8 Å². The first-order valence-electron chi connectivity index (χ1n) is 5.61. The largest absolute Gasteiger partial charge is 0.348 e. The van der Waals surface area contributed by atoms with Crippen LogP contribution in [0.3, 0.4) is 0 Å². The van der Waals surface area contributed by atoms with Gasteiger partial charge in [-0.25, -0.2) is 0 Å². The smallest absolute Gasteiger partial charge is 0.252 e. The number of aryl methyl sites for hydroxylation is 2. The van der Waals surface area contributed by atoms with Crippen molar-refractivity contribution >= 4 is 21.8 Å². The number of amides is 1. The second-order valence-electron chi connectivity index (χ2n) is 4.19. The van der Waals surface area contributed by atoms with Gasteiger partial charge in [-0.15, -0.1) is 0 Å². The Labute approximate surface area is 114 Å². The summed E-state index contributed by atoms with van der Waals surface area (Å²) in [5.74, 6) is -0.0949. The van der Waals surface area contributed by atoms with Gasteiger partial charge in [-0.05, 0) is 47.5 Å². The highest BCUT2D eigenvalue weighted by Gasteiger charge is 2.10. The number of aromatic nitrogens is 2. The molecule has 0 aliphatic carbocycles. The molecule has 18 heavy (non-hydrogen) atoms. The van der Waals surface area contributed by atoms with Crippen molar-refractivity contribution in [3.05, 3.63) is 51.3 Å². The summed E-state index contributed by atoms with van der Waals surface area (Å²) in [6.07, 6.45) is 1.72. The van der Waals surface area contributed by atoms with Crippen LogP contribution in [-0.2, 0) is 6.54 Å². The Morgan fingerprint density at radius 3 is 2.83 bits per heavy atom. The van der Waals surface area contributed by atoms with E-state index in [-0.39, 0.29) is 5.91 Å². The van der Waals surface area contributed by atoms with Gasteiger partial charge in [-0.1, -0.05) is 6.07 Å². The molecule has 0 unspecified atom stereocenters. The van der Waals surface area contributed by atoms with Crippen LogP contribution in [0.5, 0.6) is 0 Å². The molecule has 0 spiro atoms. The molecule has 0 atom stereocenters. The van der Waals surface area contributed by atoms with Gasteiger partial charge in [-0.2, -0.15) is 5.10 Å². The van der Waals surface area contributed by atoms with Crippen LogP contribution in [0.15, 0.2) is 28.9 Å². The molecule has 5 heteroatoms. The highest BCUT2D eigenvalue weighted by atomic mass is 79.9. The van der Waals surface area contributed by atoms with Crippen molar-refractivity contribution in [2.75, 3.05) is 0 Å². The van der Waals surface area contributed by atoms with Crippen LogP contribution in [-0.4, -0.2) is 16.1 Å². The molecule has 0 aliphatic rings. The summed E-state index contributed by atoms with van der Waals surface area (Å²) < 4.78 is 0.809. The third kappa shape index (κ3) is 2.79. The molecule has 0 bridgehead atoms. The number of H-pyrrole nitrogens is 1. The van der Waals surface area contributed by atoms with E-state index in [0.717, 1.165) is 21.3 Å². The molecule has 1 amide bonds. The first-order chi connectivity index (χ1) is 8.58. The molecule has 2 aromatic rings. The van der Waals surface area contributed by atoms with Crippen LogP contribution in [0.4, 0.5) is 0 Å². The molecule has 1 aromatic carbocycles. The average Bonchev–Trinajstić information content (AvgIpc) is 2.72. The predicted octanol–water partition coefficient (Wildman–Crippen LogP) is 2.72. The molecule has 1 aromatic heterocycles. The highest BCUT2D eigenvalue weighted by molar-refractivity contribution is 9.10. The predicted molar refractivity (Wildman–Crippen MR) is 73.4 cm³/mol. The van der Waals surface area contributed by atoms with Gasteiger partial charge >= 0.3 is 0 Å². The lowest BCUT2D eigenvalue weighted by Gasteiger charge is -2.07. The lowest BCUT2D eigenvalue weighted by Crippen LogP contribution is -2.23. The third-order valence-corrected chi connectivity index (χ3v) is 3.40. The maximum absolute atomic E-state index is 12.0. The van der Waals surface area contributed by atoms with Crippen molar-refractivity contribution < 1.29 is 4.79 Å². The van der Waals surface area contributed by atoms with Crippen LogP contribution in [0, 0.1) is 13.8 Å². The third-order valence-electron chi connectivity index (χ3n) is 2.74. The summed E-state index contributed by atoms with van der Waals surface area (Å²) in [6.45, 7) is 4.39. The summed E-state index contributed by atoms with van der Waals surface area (Å²) in [4.78, 5) is 12.0. The van der Waals surface area contributed by atoms with E-state index in [2.05, 4.69) is 31.4 Å². The van der Waals surface area contributed by atoms with Crippen molar-refractivity contribution in [1.82, 2.24) is 15.5 Å². The number of carbonyl (C=O) groups is 1. The molecule has 0 fully saturated rings. The Morgan fingerprint density at radius 2 is 2.22 bits per heavy atom. The zero-order chi connectivity index (χ0) is 13.1. The molecular weight excluding hydrogens is 294 g/mol. The standard InChI is InChI=1S/C13H14BrN3O/c1-8-3-4-11(12(14)5-8)13(18)15-6-10-7-16-17-9(10)2/h3-5,7H,6H2,1-2H3,(H,15,18)(H,16,17). The van der Waals surface area contributed by atoms with Gasteiger partial charge < -0.3 is 5.32 Å². The number of nitrogens with one attached hydrogen (secondary N) is 2. The SMILES string of the molecule is Cc1ccc(C(=O)NCc2cn[nH]c2C)c(Br)c1. The zero-order valence-electron chi connectivity index (χ0n) is 10.2. The van der Waals surface area contributed by atoms with E-state index in [0.29, 0.717) is 12.1 Å². The number of benzene rings is 1. The fraction of sp³-hybridized carbons (Fsp3) is 0.231. The van der Waals surface area contributed by atoms with Crippen LogP contribution in [0.2, 0.25) is 0 Å². The van der Waals surface area contributed by atoms with Crippen LogP contribution < -0.4 is 5.32 Å². The molecule has 0 aliphatic heterocycles. The first-order valence-corrected chi connectivity index (χ1v) is 6.40. The van der Waals surface area contributed by atoms with Gasteiger partial charge in [0.05, 0.1) is 11.8 Å². The molecule has 4 nitrogen and oxygen atoms in total. The Kier molecular flexibility index (Phi) is 3.81. The zero-order valence-corrected chi connectivity index (χ0v) is 11.8. The molecule has 0 saturated heterocycles. The van der Waals surface area contributed by atoms with E-state index in [1.54, 1.807) is 6.20 Å². The lowest BCUT2D eigenvalue weighted by atomic mass is 10.1. The van der Waals surface area contributed by atoms with Crippen LogP contribution in [0.1, 0.15) is 27.2 Å². The lowest BCUT2D eigenvalue weighted by molar-refractivity contribution is 0.0950. The summed E-state index contributed by atoms with van der Waals surface area (Å²) in [5.41, 5.74) is 3.72. The Bertz CT molecular complexity index is 577. The summed E-state index contributed by atoms with van der Waals surface area (Å²) in [7, 11) is 0. The molecule has 2 rings (SSSR count). The van der Waals surface area contributed by atoms with Gasteiger partial charge in [-0.3, -0.25) is 9.89 Å². The van der Waals surface area contributed by atoms with Gasteiger partial charge in [0.2, 0.25) is 0 Å². The first kappa shape index (κ1) is 12.8. The average molecular weight is 308 g/mol. The van der Waals surface area contributed by atoms with Crippen molar-refractivity contribution in [2.45, 2.75) is 20.4 Å². The number of hydrogen-bond donors (Lipinski definition) is 2. The maximum atomic E-state index is 12.0. The van der Waals surface area contributed by atoms with E-state index in [1.165, 1.54) is 0 Å². The molecule has 0 saturated carbocycles. The van der Waals surface area contributed by atoms with Gasteiger partial charge in [0.25, 0.3) is 5.91 Å². The number of hydrogen-bond acceptors (Lipinski definition) is 2.